The standard InChI is InChI=1S/C9H5FN2O/c10-5-1-2-8-6(3-5)7(4-11)9(12)13-8/h1-3H,12H2. The average Bonchev–Trinajstić information content (AvgIpc) is 2.40. The summed E-state index contributed by atoms with van der Waals surface area (Å²) in [5, 5.41) is 9.10. The Kier molecular flexibility index (Phi) is 1.46. The minimum atomic E-state index is -0.412. The molecular formula is C9H5FN2O. The molecule has 0 aliphatic carbocycles. The fourth-order valence-electron chi connectivity index (χ4n) is 1.20. The minimum absolute atomic E-state index is 0.0306. The molecule has 2 rings (SSSR count). The Morgan fingerprint density at radius 1 is 1.46 bits per heavy atom. The molecule has 0 atom stereocenters. The lowest BCUT2D eigenvalue weighted by molar-refractivity contribution is 0.621. The summed E-state index contributed by atoms with van der Waals surface area (Å²) in [6.07, 6.45) is 0. The Morgan fingerprint density at radius 2 is 2.23 bits per heavy atom. The Labute approximate surface area is 73.2 Å². The SMILES string of the molecule is N#Cc1c(N)oc2ccc(F)cc12. The van der Waals surface area contributed by atoms with Gasteiger partial charge in [0.2, 0.25) is 5.88 Å². The van der Waals surface area contributed by atoms with Crippen molar-refractivity contribution in [3.63, 3.8) is 0 Å². The monoisotopic (exact) mass is 176 g/mol. The number of hydrogen-bond donors (Lipinski definition) is 1. The topological polar surface area (TPSA) is 63.0 Å². The summed E-state index contributed by atoms with van der Waals surface area (Å²) in [4.78, 5) is 0. The molecule has 13 heavy (non-hydrogen) atoms. The fraction of sp³-hybridized carbons (Fsp3) is 0. The summed E-state index contributed by atoms with van der Waals surface area (Å²) in [7, 11) is 0. The van der Waals surface area contributed by atoms with E-state index in [-0.39, 0.29) is 11.4 Å². The Hall–Kier alpha value is -2.02. The lowest BCUT2D eigenvalue weighted by Crippen LogP contribution is -1.83. The average molecular weight is 176 g/mol. The molecule has 1 aromatic heterocycles. The summed E-state index contributed by atoms with van der Waals surface area (Å²) in [6, 6.07) is 5.79. The molecule has 2 N–H and O–H groups in total. The maximum absolute atomic E-state index is 12.8. The number of nitrogen functional groups attached to an aromatic ring is 1. The smallest absolute Gasteiger partial charge is 0.209 e. The van der Waals surface area contributed by atoms with Crippen LogP contribution in [0.25, 0.3) is 11.0 Å². The Morgan fingerprint density at radius 3 is 2.92 bits per heavy atom. The quantitative estimate of drug-likeness (QED) is 0.667. The van der Waals surface area contributed by atoms with E-state index >= 15 is 0 Å². The number of nitriles is 1. The number of nitrogens with zero attached hydrogens (tertiary/aromatic N) is 1. The molecule has 0 spiro atoms. The molecule has 1 aromatic carbocycles. The summed E-state index contributed by atoms with van der Waals surface area (Å²) in [6.45, 7) is 0. The van der Waals surface area contributed by atoms with Crippen molar-refractivity contribution in [3.8, 4) is 6.07 Å². The van der Waals surface area contributed by atoms with Gasteiger partial charge in [-0.15, -0.1) is 0 Å². The second-order valence-corrected chi connectivity index (χ2v) is 2.59. The molecule has 64 valence electrons. The highest BCUT2D eigenvalue weighted by Crippen LogP contribution is 2.27. The zero-order chi connectivity index (χ0) is 9.42. The molecule has 3 nitrogen and oxygen atoms in total. The maximum Gasteiger partial charge on any atom is 0.209 e. The van der Waals surface area contributed by atoms with Gasteiger partial charge in [0.15, 0.2) is 0 Å². The van der Waals surface area contributed by atoms with Crippen molar-refractivity contribution < 1.29 is 8.81 Å². The molecule has 0 saturated carbocycles. The van der Waals surface area contributed by atoms with E-state index in [0.717, 1.165) is 0 Å². The van der Waals surface area contributed by atoms with Crippen LogP contribution in [0.15, 0.2) is 22.6 Å². The number of anilines is 1. The van der Waals surface area contributed by atoms with Gasteiger partial charge in [0.25, 0.3) is 0 Å². The lowest BCUT2D eigenvalue weighted by atomic mass is 10.2. The summed E-state index contributed by atoms with van der Waals surface area (Å²) >= 11 is 0. The Bertz CT molecular complexity index is 510. The van der Waals surface area contributed by atoms with Crippen LogP contribution in [0.3, 0.4) is 0 Å². The molecular weight excluding hydrogens is 171 g/mol. The van der Waals surface area contributed by atoms with Gasteiger partial charge in [-0.1, -0.05) is 0 Å². The van der Waals surface area contributed by atoms with Gasteiger partial charge in [0.1, 0.15) is 23.0 Å². The number of hydrogen-bond acceptors (Lipinski definition) is 3. The van der Waals surface area contributed by atoms with Gasteiger partial charge in [0.05, 0.1) is 0 Å². The van der Waals surface area contributed by atoms with Crippen LogP contribution in [0.2, 0.25) is 0 Å². The third-order valence-electron chi connectivity index (χ3n) is 1.79. The van der Waals surface area contributed by atoms with E-state index < -0.39 is 5.82 Å². The van der Waals surface area contributed by atoms with Gasteiger partial charge in [-0.25, -0.2) is 4.39 Å². The highest BCUT2D eigenvalue weighted by molar-refractivity contribution is 5.88. The normalized spacial score (nSPS) is 10.2. The van der Waals surface area contributed by atoms with Crippen molar-refractivity contribution in [2.45, 2.75) is 0 Å². The van der Waals surface area contributed by atoms with E-state index in [4.69, 9.17) is 15.4 Å². The fourth-order valence-corrected chi connectivity index (χ4v) is 1.20. The molecule has 0 amide bonds. The van der Waals surface area contributed by atoms with Crippen molar-refractivity contribution in [1.29, 1.82) is 5.26 Å². The zero-order valence-electron chi connectivity index (χ0n) is 6.54. The summed E-state index contributed by atoms with van der Waals surface area (Å²) in [5.41, 5.74) is 6.02. The first-order valence-electron chi connectivity index (χ1n) is 3.60. The van der Waals surface area contributed by atoms with Gasteiger partial charge in [0, 0.05) is 5.39 Å². The third kappa shape index (κ3) is 1.02. The minimum Gasteiger partial charge on any atom is -0.439 e. The van der Waals surface area contributed by atoms with Crippen LogP contribution in [-0.4, -0.2) is 0 Å². The van der Waals surface area contributed by atoms with Crippen LogP contribution in [0.1, 0.15) is 5.56 Å². The molecule has 2 aromatic rings. The molecule has 0 aliphatic rings. The summed E-state index contributed by atoms with van der Waals surface area (Å²) in [5.74, 6) is -0.382. The maximum atomic E-state index is 12.8. The highest BCUT2D eigenvalue weighted by Gasteiger charge is 2.11. The van der Waals surface area contributed by atoms with E-state index in [9.17, 15) is 4.39 Å². The molecule has 0 fully saturated rings. The van der Waals surface area contributed by atoms with Crippen LogP contribution in [0, 0.1) is 17.1 Å². The Balaban J connectivity index is 2.91. The van der Waals surface area contributed by atoms with E-state index in [1.54, 1.807) is 0 Å². The second kappa shape index (κ2) is 2.49. The second-order valence-electron chi connectivity index (χ2n) is 2.59. The number of fused-ring (bicyclic) bond motifs is 1. The van der Waals surface area contributed by atoms with Crippen LogP contribution in [0.5, 0.6) is 0 Å². The van der Waals surface area contributed by atoms with Gasteiger partial charge < -0.3 is 10.2 Å². The van der Waals surface area contributed by atoms with E-state index in [0.29, 0.717) is 11.0 Å². The van der Waals surface area contributed by atoms with Crippen LogP contribution < -0.4 is 5.73 Å². The van der Waals surface area contributed by atoms with Crippen molar-refractivity contribution >= 4 is 16.9 Å². The first kappa shape index (κ1) is 7.62. The van der Waals surface area contributed by atoms with E-state index in [1.807, 2.05) is 6.07 Å². The van der Waals surface area contributed by atoms with E-state index in [2.05, 4.69) is 0 Å². The first-order valence-corrected chi connectivity index (χ1v) is 3.60. The first-order chi connectivity index (χ1) is 6.22. The van der Waals surface area contributed by atoms with Gasteiger partial charge >= 0.3 is 0 Å². The molecule has 0 bridgehead atoms. The molecule has 0 radical (unpaired) electrons. The lowest BCUT2D eigenvalue weighted by Gasteiger charge is -1.87. The van der Waals surface area contributed by atoms with Crippen LogP contribution >= 0.6 is 0 Å². The van der Waals surface area contributed by atoms with Crippen molar-refractivity contribution in [2.24, 2.45) is 0 Å². The molecule has 0 unspecified atom stereocenters. The van der Waals surface area contributed by atoms with Crippen molar-refractivity contribution in [3.05, 3.63) is 29.6 Å². The van der Waals surface area contributed by atoms with Crippen LogP contribution in [-0.2, 0) is 0 Å². The number of nitrogens with two attached hydrogens (primary N) is 1. The number of halogens is 1. The number of furan rings is 1. The number of benzene rings is 1. The highest BCUT2D eigenvalue weighted by atomic mass is 19.1. The predicted octanol–water partition coefficient (Wildman–Crippen LogP) is 2.03. The van der Waals surface area contributed by atoms with Gasteiger partial charge in [-0.3, -0.25) is 0 Å². The molecule has 4 heteroatoms. The molecule has 0 aliphatic heterocycles. The molecule has 1 heterocycles. The summed E-state index contributed by atoms with van der Waals surface area (Å²) < 4.78 is 17.8. The molecule has 0 saturated heterocycles. The van der Waals surface area contributed by atoms with Crippen molar-refractivity contribution in [1.82, 2.24) is 0 Å². The number of rotatable bonds is 0. The predicted molar refractivity (Wildman–Crippen MR) is 45.3 cm³/mol. The van der Waals surface area contributed by atoms with Crippen molar-refractivity contribution in [2.75, 3.05) is 5.73 Å². The van der Waals surface area contributed by atoms with Crippen LogP contribution in [0.4, 0.5) is 10.3 Å². The third-order valence-corrected chi connectivity index (χ3v) is 1.79. The largest absolute Gasteiger partial charge is 0.439 e. The van der Waals surface area contributed by atoms with Gasteiger partial charge in [-0.05, 0) is 18.2 Å². The zero-order valence-corrected chi connectivity index (χ0v) is 6.54. The van der Waals surface area contributed by atoms with E-state index in [1.165, 1.54) is 18.2 Å². The van der Waals surface area contributed by atoms with Gasteiger partial charge in [-0.2, -0.15) is 5.26 Å².